The summed E-state index contributed by atoms with van der Waals surface area (Å²) in [6, 6.07) is -5.98. The number of aliphatic carboxylic acids is 2. The Balaban J connectivity index is 5.47. The fourth-order valence-corrected chi connectivity index (χ4v) is 2.19. The standard InChI is InChI=1S/C16H26N6O9/c1-6(17)13(27)21-8(4-11(19)24)14(28)22-9(5-12(25)26)15(29)20-7(16(30)31)2-3-10(18)23/h6-9H,2-5,17H2,1H3,(H2,18,23)(H2,19,24)(H,20,29)(H,21,27)(H,22,28)(H,25,26)(H,30,31). The normalized spacial score (nSPS) is 14.3. The lowest BCUT2D eigenvalue weighted by Gasteiger charge is -2.23. The molecule has 0 aliphatic carbocycles. The average Bonchev–Trinajstić information content (AvgIpc) is 2.62. The molecule has 0 radical (unpaired) electrons. The second-order valence-corrected chi connectivity index (χ2v) is 6.58. The van der Waals surface area contributed by atoms with Crippen molar-refractivity contribution in [3.63, 3.8) is 0 Å². The van der Waals surface area contributed by atoms with Crippen molar-refractivity contribution < 1.29 is 43.8 Å². The molecule has 0 saturated carbocycles. The van der Waals surface area contributed by atoms with Crippen LogP contribution in [0.15, 0.2) is 0 Å². The molecule has 0 rings (SSSR count). The molecule has 0 heterocycles. The first-order valence-electron chi connectivity index (χ1n) is 8.92. The SMILES string of the molecule is CC(N)C(=O)NC(CC(N)=O)C(=O)NC(CC(=O)O)C(=O)NC(CCC(N)=O)C(=O)O. The number of carboxylic acids is 2. The lowest BCUT2D eigenvalue weighted by molar-refractivity contribution is -0.144. The van der Waals surface area contributed by atoms with Crippen molar-refractivity contribution in [2.75, 3.05) is 0 Å². The van der Waals surface area contributed by atoms with Gasteiger partial charge in [0.15, 0.2) is 0 Å². The maximum Gasteiger partial charge on any atom is 0.326 e. The molecule has 0 spiro atoms. The predicted molar refractivity (Wildman–Crippen MR) is 102 cm³/mol. The minimum Gasteiger partial charge on any atom is -0.481 e. The number of carbonyl (C=O) groups excluding carboxylic acids is 5. The molecule has 15 nitrogen and oxygen atoms in total. The molecule has 4 atom stereocenters. The number of amides is 5. The van der Waals surface area contributed by atoms with Crippen LogP contribution in [0, 0.1) is 0 Å². The first-order chi connectivity index (χ1) is 14.2. The number of nitrogens with one attached hydrogen (secondary N) is 3. The van der Waals surface area contributed by atoms with Crippen LogP contribution in [0.4, 0.5) is 0 Å². The molecule has 0 aromatic rings. The lowest BCUT2D eigenvalue weighted by Crippen LogP contribution is -2.58. The van der Waals surface area contributed by atoms with Gasteiger partial charge in [0.05, 0.1) is 18.9 Å². The fourth-order valence-electron chi connectivity index (χ4n) is 2.19. The van der Waals surface area contributed by atoms with Gasteiger partial charge in [-0.15, -0.1) is 0 Å². The van der Waals surface area contributed by atoms with Crippen molar-refractivity contribution in [1.82, 2.24) is 16.0 Å². The third kappa shape index (κ3) is 11.1. The minimum atomic E-state index is -1.77. The quantitative estimate of drug-likeness (QED) is 0.126. The van der Waals surface area contributed by atoms with E-state index < -0.39 is 78.5 Å². The maximum atomic E-state index is 12.4. The topological polar surface area (TPSA) is 274 Å². The molecule has 0 aliphatic rings. The zero-order valence-electron chi connectivity index (χ0n) is 16.6. The van der Waals surface area contributed by atoms with Crippen LogP contribution in [0.2, 0.25) is 0 Å². The van der Waals surface area contributed by atoms with Gasteiger partial charge < -0.3 is 43.4 Å². The van der Waals surface area contributed by atoms with Crippen LogP contribution in [0.25, 0.3) is 0 Å². The molecular weight excluding hydrogens is 420 g/mol. The lowest BCUT2D eigenvalue weighted by atomic mass is 10.1. The van der Waals surface area contributed by atoms with E-state index >= 15 is 0 Å². The third-order valence-corrected chi connectivity index (χ3v) is 3.76. The van der Waals surface area contributed by atoms with Crippen LogP contribution in [-0.4, -0.2) is 75.9 Å². The summed E-state index contributed by atoms with van der Waals surface area (Å²) in [6.45, 7) is 1.30. The van der Waals surface area contributed by atoms with Gasteiger partial charge in [-0.3, -0.25) is 28.8 Å². The molecule has 5 amide bonds. The van der Waals surface area contributed by atoms with Crippen molar-refractivity contribution in [1.29, 1.82) is 0 Å². The van der Waals surface area contributed by atoms with Gasteiger partial charge >= 0.3 is 11.9 Å². The monoisotopic (exact) mass is 446 g/mol. The highest BCUT2D eigenvalue weighted by atomic mass is 16.4. The molecule has 0 aliphatic heterocycles. The maximum absolute atomic E-state index is 12.4. The molecule has 11 N–H and O–H groups in total. The number of primary amides is 2. The van der Waals surface area contributed by atoms with E-state index in [4.69, 9.17) is 27.4 Å². The highest BCUT2D eigenvalue weighted by molar-refractivity contribution is 5.97. The Kier molecular flexibility index (Phi) is 11.2. The van der Waals surface area contributed by atoms with Gasteiger partial charge in [-0.25, -0.2) is 4.79 Å². The molecule has 0 saturated heterocycles. The van der Waals surface area contributed by atoms with E-state index in [1.807, 2.05) is 10.6 Å². The summed E-state index contributed by atoms with van der Waals surface area (Å²) >= 11 is 0. The third-order valence-electron chi connectivity index (χ3n) is 3.76. The minimum absolute atomic E-state index is 0.376. The highest BCUT2D eigenvalue weighted by Crippen LogP contribution is 2.02. The first kappa shape index (κ1) is 27.2. The highest BCUT2D eigenvalue weighted by Gasteiger charge is 2.32. The summed E-state index contributed by atoms with van der Waals surface area (Å²) in [4.78, 5) is 80.9. The Labute approximate surface area is 176 Å². The Morgan fingerprint density at radius 2 is 1.19 bits per heavy atom. The van der Waals surface area contributed by atoms with Crippen LogP contribution in [0.1, 0.15) is 32.6 Å². The van der Waals surface area contributed by atoms with Gasteiger partial charge in [0, 0.05) is 6.42 Å². The Morgan fingerprint density at radius 1 is 0.742 bits per heavy atom. The van der Waals surface area contributed by atoms with Gasteiger partial charge in [0.2, 0.25) is 29.5 Å². The number of nitrogens with two attached hydrogens (primary N) is 3. The number of hydrogen-bond acceptors (Lipinski definition) is 8. The van der Waals surface area contributed by atoms with Crippen LogP contribution in [0.3, 0.4) is 0 Å². The summed E-state index contributed by atoms with van der Waals surface area (Å²) in [7, 11) is 0. The number of hydrogen-bond donors (Lipinski definition) is 8. The van der Waals surface area contributed by atoms with Gasteiger partial charge in [-0.05, 0) is 13.3 Å². The number of carboxylic acid groups (broad SMARTS) is 2. The van der Waals surface area contributed by atoms with Crippen molar-refractivity contribution in [2.24, 2.45) is 17.2 Å². The molecule has 4 unspecified atom stereocenters. The van der Waals surface area contributed by atoms with Gasteiger partial charge in [0.1, 0.15) is 18.1 Å². The van der Waals surface area contributed by atoms with E-state index in [2.05, 4.69) is 5.32 Å². The summed E-state index contributed by atoms with van der Waals surface area (Å²) in [5, 5.41) is 24.3. The van der Waals surface area contributed by atoms with E-state index in [-0.39, 0.29) is 12.8 Å². The van der Waals surface area contributed by atoms with Crippen LogP contribution in [0.5, 0.6) is 0 Å². The first-order valence-corrected chi connectivity index (χ1v) is 8.92. The number of rotatable bonds is 14. The summed E-state index contributed by atoms with van der Waals surface area (Å²) in [5.41, 5.74) is 15.3. The van der Waals surface area contributed by atoms with Crippen molar-refractivity contribution in [3.8, 4) is 0 Å². The van der Waals surface area contributed by atoms with Crippen molar-refractivity contribution in [2.45, 2.75) is 56.8 Å². The molecule has 0 aromatic heterocycles. The fraction of sp³-hybridized carbons (Fsp3) is 0.562. The van der Waals surface area contributed by atoms with Gasteiger partial charge in [0.25, 0.3) is 0 Å². The molecule has 174 valence electrons. The van der Waals surface area contributed by atoms with Crippen LogP contribution in [-0.2, 0) is 33.6 Å². The van der Waals surface area contributed by atoms with Crippen LogP contribution < -0.4 is 33.2 Å². The van der Waals surface area contributed by atoms with E-state index in [9.17, 15) is 33.6 Å². The largest absolute Gasteiger partial charge is 0.481 e. The smallest absolute Gasteiger partial charge is 0.326 e. The van der Waals surface area contributed by atoms with Gasteiger partial charge in [-0.1, -0.05) is 0 Å². The Bertz CT molecular complexity index is 739. The summed E-state index contributed by atoms with van der Waals surface area (Å²) < 4.78 is 0. The molecular formula is C16H26N6O9. The van der Waals surface area contributed by atoms with E-state index in [1.54, 1.807) is 0 Å². The Morgan fingerprint density at radius 3 is 1.58 bits per heavy atom. The zero-order chi connectivity index (χ0) is 24.3. The van der Waals surface area contributed by atoms with E-state index in [1.165, 1.54) is 6.92 Å². The second kappa shape index (κ2) is 12.7. The van der Waals surface area contributed by atoms with Gasteiger partial charge in [-0.2, -0.15) is 0 Å². The molecule has 0 bridgehead atoms. The molecule has 0 fully saturated rings. The Hall–Kier alpha value is -3.75. The van der Waals surface area contributed by atoms with Crippen molar-refractivity contribution in [3.05, 3.63) is 0 Å². The van der Waals surface area contributed by atoms with E-state index in [0.717, 1.165) is 0 Å². The van der Waals surface area contributed by atoms with E-state index in [0.29, 0.717) is 0 Å². The number of carbonyl (C=O) groups is 7. The van der Waals surface area contributed by atoms with Crippen molar-refractivity contribution >= 4 is 41.5 Å². The predicted octanol–water partition coefficient (Wildman–Crippen LogP) is -4.51. The molecule has 0 aromatic carbocycles. The zero-order valence-corrected chi connectivity index (χ0v) is 16.6. The average molecular weight is 446 g/mol. The molecule has 15 heteroatoms. The van der Waals surface area contributed by atoms with Crippen LogP contribution >= 0.6 is 0 Å². The summed E-state index contributed by atoms with van der Waals surface area (Å²) in [6.07, 6.45) is -2.39. The summed E-state index contributed by atoms with van der Waals surface area (Å²) in [5.74, 6) is -7.99. The molecule has 31 heavy (non-hydrogen) atoms. The second-order valence-electron chi connectivity index (χ2n) is 6.58.